The fraction of sp³-hybridized carbons (Fsp3) is 0.111. The van der Waals surface area contributed by atoms with E-state index in [9.17, 15) is 0 Å². The number of nitrogens with zero attached hydrogens (tertiary/aromatic N) is 2. The van der Waals surface area contributed by atoms with Gasteiger partial charge < -0.3 is 10.6 Å². The second-order valence-corrected chi connectivity index (χ2v) is 6.08. The Kier molecular flexibility index (Phi) is 4.88. The summed E-state index contributed by atoms with van der Waals surface area (Å²) in [6.07, 6.45) is 0. The number of hydrogen-bond acceptors (Lipinski definition) is 4. The van der Waals surface area contributed by atoms with E-state index in [2.05, 4.69) is 48.7 Å². The molecule has 0 fully saturated rings. The van der Waals surface area contributed by atoms with E-state index in [1.807, 2.05) is 55.5 Å². The van der Waals surface area contributed by atoms with Crippen molar-refractivity contribution in [3.63, 3.8) is 0 Å². The summed E-state index contributed by atoms with van der Waals surface area (Å²) in [6, 6.07) is 20.1. The second-order valence-electron chi connectivity index (χ2n) is 5.16. The quantitative estimate of drug-likeness (QED) is 0.672. The second kappa shape index (κ2) is 7.24. The summed E-state index contributed by atoms with van der Waals surface area (Å²) in [6.45, 7) is 2.62. The third-order valence-electron chi connectivity index (χ3n) is 3.25. The van der Waals surface area contributed by atoms with Crippen LogP contribution in [0.15, 0.2) is 65.1 Å². The van der Waals surface area contributed by atoms with Crippen molar-refractivity contribution in [2.75, 3.05) is 10.6 Å². The molecule has 3 rings (SSSR count). The van der Waals surface area contributed by atoms with E-state index >= 15 is 0 Å². The minimum Gasteiger partial charge on any atom is -0.366 e. The molecule has 0 saturated heterocycles. The summed E-state index contributed by atoms with van der Waals surface area (Å²) in [5.74, 6) is 2.30. The fourth-order valence-electron chi connectivity index (χ4n) is 2.22. The lowest BCUT2D eigenvalue weighted by Crippen LogP contribution is -2.05. The zero-order valence-corrected chi connectivity index (χ0v) is 14.3. The highest BCUT2D eigenvalue weighted by molar-refractivity contribution is 9.10. The molecule has 1 aromatic heterocycles. The van der Waals surface area contributed by atoms with Crippen molar-refractivity contribution >= 4 is 33.3 Å². The first kappa shape index (κ1) is 15.5. The molecule has 0 aliphatic carbocycles. The smallest absolute Gasteiger partial charge is 0.136 e. The number of aromatic nitrogens is 2. The molecule has 0 atom stereocenters. The molecule has 0 spiro atoms. The molecule has 5 heteroatoms. The molecule has 1 heterocycles. The minimum atomic E-state index is 0.723. The molecule has 2 aromatic carbocycles. The highest BCUT2D eigenvalue weighted by atomic mass is 79.9. The molecule has 0 aliphatic rings. The van der Waals surface area contributed by atoms with Crippen LogP contribution in [0.3, 0.4) is 0 Å². The first-order chi connectivity index (χ1) is 11.2. The van der Waals surface area contributed by atoms with Gasteiger partial charge in [0.25, 0.3) is 0 Å². The Labute approximate surface area is 144 Å². The zero-order chi connectivity index (χ0) is 16.1. The van der Waals surface area contributed by atoms with Gasteiger partial charge in [-0.3, -0.25) is 0 Å². The average Bonchev–Trinajstić information content (AvgIpc) is 2.53. The van der Waals surface area contributed by atoms with Crippen LogP contribution in [0.25, 0.3) is 0 Å². The summed E-state index contributed by atoms with van der Waals surface area (Å²) in [4.78, 5) is 8.87. The third kappa shape index (κ3) is 4.53. The van der Waals surface area contributed by atoms with Gasteiger partial charge in [-0.15, -0.1) is 0 Å². The highest BCUT2D eigenvalue weighted by Crippen LogP contribution is 2.21. The minimum absolute atomic E-state index is 0.723. The standard InChI is InChI=1S/C18H17BrN4/c1-13-21-17(20-12-14-6-3-2-4-7-14)11-18(22-13)23-16-9-5-8-15(19)10-16/h2-11H,12H2,1H3,(H2,20,21,22,23). The van der Waals surface area contributed by atoms with Crippen molar-refractivity contribution in [3.05, 3.63) is 76.5 Å². The van der Waals surface area contributed by atoms with Gasteiger partial charge in [0, 0.05) is 22.8 Å². The van der Waals surface area contributed by atoms with Crippen molar-refractivity contribution in [1.29, 1.82) is 0 Å². The van der Waals surface area contributed by atoms with Crippen molar-refractivity contribution in [2.24, 2.45) is 0 Å². The first-order valence-corrected chi connectivity index (χ1v) is 8.14. The number of aryl methyl sites for hydroxylation is 1. The number of halogens is 1. The number of anilines is 3. The van der Waals surface area contributed by atoms with Gasteiger partial charge in [-0.25, -0.2) is 9.97 Å². The molecule has 0 amide bonds. The van der Waals surface area contributed by atoms with Crippen LogP contribution in [0, 0.1) is 6.92 Å². The summed E-state index contributed by atoms with van der Waals surface area (Å²) in [5, 5.41) is 6.64. The van der Waals surface area contributed by atoms with Crippen LogP contribution in [0.4, 0.5) is 17.3 Å². The van der Waals surface area contributed by atoms with E-state index in [0.29, 0.717) is 0 Å². The Morgan fingerprint density at radius 3 is 2.48 bits per heavy atom. The van der Waals surface area contributed by atoms with Gasteiger partial charge in [0.15, 0.2) is 0 Å². The third-order valence-corrected chi connectivity index (χ3v) is 3.74. The lowest BCUT2D eigenvalue weighted by atomic mass is 10.2. The highest BCUT2D eigenvalue weighted by Gasteiger charge is 2.03. The summed E-state index contributed by atoms with van der Waals surface area (Å²) in [5.41, 5.74) is 2.19. The SMILES string of the molecule is Cc1nc(NCc2ccccc2)cc(Nc2cccc(Br)c2)n1. The molecule has 2 N–H and O–H groups in total. The molecule has 0 aliphatic heterocycles. The molecule has 0 unspecified atom stereocenters. The van der Waals surface area contributed by atoms with E-state index in [4.69, 9.17) is 0 Å². The molecule has 0 radical (unpaired) electrons. The molecular formula is C18H17BrN4. The Bertz CT molecular complexity index is 790. The van der Waals surface area contributed by atoms with Crippen LogP contribution >= 0.6 is 15.9 Å². The van der Waals surface area contributed by atoms with E-state index < -0.39 is 0 Å². The Morgan fingerprint density at radius 2 is 1.70 bits per heavy atom. The largest absolute Gasteiger partial charge is 0.366 e. The van der Waals surface area contributed by atoms with Gasteiger partial charge in [-0.2, -0.15) is 0 Å². The van der Waals surface area contributed by atoms with Gasteiger partial charge in [-0.1, -0.05) is 52.3 Å². The molecule has 3 aromatic rings. The van der Waals surface area contributed by atoms with E-state index in [0.717, 1.165) is 34.2 Å². The average molecular weight is 369 g/mol. The van der Waals surface area contributed by atoms with Gasteiger partial charge in [-0.05, 0) is 30.7 Å². The van der Waals surface area contributed by atoms with Gasteiger partial charge in [0.05, 0.1) is 0 Å². The van der Waals surface area contributed by atoms with Crippen molar-refractivity contribution in [1.82, 2.24) is 9.97 Å². The maximum Gasteiger partial charge on any atom is 0.136 e. The maximum atomic E-state index is 4.44. The van der Waals surface area contributed by atoms with Gasteiger partial charge in [0.1, 0.15) is 17.5 Å². The summed E-state index contributed by atoms with van der Waals surface area (Å²) >= 11 is 3.47. The van der Waals surface area contributed by atoms with E-state index in [1.165, 1.54) is 5.56 Å². The number of nitrogens with one attached hydrogen (secondary N) is 2. The molecule has 4 nitrogen and oxygen atoms in total. The predicted octanol–water partition coefficient (Wildman–Crippen LogP) is 4.90. The van der Waals surface area contributed by atoms with E-state index in [1.54, 1.807) is 0 Å². The van der Waals surface area contributed by atoms with Crippen LogP contribution in [-0.4, -0.2) is 9.97 Å². The molecule has 0 saturated carbocycles. The van der Waals surface area contributed by atoms with Crippen LogP contribution < -0.4 is 10.6 Å². The summed E-state index contributed by atoms with van der Waals surface area (Å²) < 4.78 is 1.02. The summed E-state index contributed by atoms with van der Waals surface area (Å²) in [7, 11) is 0. The van der Waals surface area contributed by atoms with Crippen LogP contribution in [0.1, 0.15) is 11.4 Å². The van der Waals surface area contributed by atoms with Gasteiger partial charge in [0.2, 0.25) is 0 Å². The lowest BCUT2D eigenvalue weighted by molar-refractivity contribution is 1.03. The Morgan fingerprint density at radius 1 is 0.913 bits per heavy atom. The molecular weight excluding hydrogens is 352 g/mol. The zero-order valence-electron chi connectivity index (χ0n) is 12.8. The van der Waals surface area contributed by atoms with Gasteiger partial charge >= 0.3 is 0 Å². The topological polar surface area (TPSA) is 49.8 Å². The first-order valence-electron chi connectivity index (χ1n) is 7.35. The molecule has 116 valence electrons. The Balaban J connectivity index is 1.73. The predicted molar refractivity (Wildman–Crippen MR) is 98.0 cm³/mol. The van der Waals surface area contributed by atoms with Crippen molar-refractivity contribution < 1.29 is 0 Å². The van der Waals surface area contributed by atoms with E-state index in [-0.39, 0.29) is 0 Å². The number of hydrogen-bond donors (Lipinski definition) is 2. The van der Waals surface area contributed by atoms with Crippen LogP contribution in [-0.2, 0) is 6.54 Å². The van der Waals surface area contributed by atoms with Crippen molar-refractivity contribution in [2.45, 2.75) is 13.5 Å². The molecule has 23 heavy (non-hydrogen) atoms. The number of benzene rings is 2. The van der Waals surface area contributed by atoms with Crippen LogP contribution in [0.2, 0.25) is 0 Å². The Hall–Kier alpha value is -2.40. The normalized spacial score (nSPS) is 10.3. The maximum absolute atomic E-state index is 4.44. The number of rotatable bonds is 5. The molecule has 0 bridgehead atoms. The fourth-order valence-corrected chi connectivity index (χ4v) is 2.62. The lowest BCUT2D eigenvalue weighted by Gasteiger charge is -2.10. The van der Waals surface area contributed by atoms with Crippen molar-refractivity contribution in [3.8, 4) is 0 Å². The van der Waals surface area contributed by atoms with Crippen LogP contribution in [0.5, 0.6) is 0 Å². The monoisotopic (exact) mass is 368 g/mol.